The van der Waals surface area contributed by atoms with Gasteiger partial charge < -0.3 is 14.4 Å². The summed E-state index contributed by atoms with van der Waals surface area (Å²) in [6.45, 7) is 1.73. The first-order chi connectivity index (χ1) is 11.4. The van der Waals surface area contributed by atoms with Gasteiger partial charge in [-0.15, -0.1) is 0 Å². The lowest BCUT2D eigenvalue weighted by molar-refractivity contribution is -0.931. The molecule has 1 aliphatic rings. The van der Waals surface area contributed by atoms with Crippen LogP contribution in [0.2, 0.25) is 0 Å². The first kappa shape index (κ1) is 19.4. The lowest BCUT2D eigenvalue weighted by Gasteiger charge is -2.35. The number of piperidine rings is 1. The summed E-state index contributed by atoms with van der Waals surface area (Å²) in [4.78, 5) is 13.7. The summed E-state index contributed by atoms with van der Waals surface area (Å²) < 4.78 is 8.82. The van der Waals surface area contributed by atoms with Crippen LogP contribution in [-0.2, 0) is 0 Å². The molecular formula is C16H22Cl3N2O3+. The van der Waals surface area contributed by atoms with Gasteiger partial charge in [-0.3, -0.25) is 10.1 Å². The van der Waals surface area contributed by atoms with E-state index in [0.29, 0.717) is 17.1 Å². The largest absolute Gasteiger partial charge is 0.493 e. The molecule has 1 fully saturated rings. The summed E-state index contributed by atoms with van der Waals surface area (Å²) >= 11 is 18.4. The predicted molar refractivity (Wildman–Crippen MR) is 95.6 cm³/mol. The predicted octanol–water partition coefficient (Wildman–Crippen LogP) is 2.20. The fourth-order valence-corrected chi connectivity index (χ4v) is 3.53. The normalized spacial score (nSPS) is 17.2. The van der Waals surface area contributed by atoms with Crippen LogP contribution >= 0.6 is 34.8 Å². The number of alkyl halides is 3. The van der Waals surface area contributed by atoms with Gasteiger partial charge in [0.05, 0.1) is 27.3 Å². The number of carbonyl (C=O) groups excluding carboxylic acids is 1. The van der Waals surface area contributed by atoms with Crippen LogP contribution < -0.4 is 19.7 Å². The minimum absolute atomic E-state index is 0.314. The second kappa shape index (κ2) is 8.48. The molecule has 8 heteroatoms. The van der Waals surface area contributed by atoms with Gasteiger partial charge in [-0.2, -0.15) is 0 Å². The van der Waals surface area contributed by atoms with E-state index >= 15 is 0 Å². The molecule has 5 nitrogen and oxygen atoms in total. The second-order valence-corrected chi connectivity index (χ2v) is 8.11. The van der Waals surface area contributed by atoms with Gasteiger partial charge in [-0.1, -0.05) is 34.8 Å². The number of carbonyl (C=O) groups is 1. The number of amides is 1. The SMILES string of the molecule is COc1ccc(C(=O)N[C@H]([NH+]2CCCCC2)C(Cl)(Cl)Cl)cc1OC. The summed E-state index contributed by atoms with van der Waals surface area (Å²) in [7, 11) is 3.05. The molecule has 1 aromatic rings. The molecule has 1 aromatic carbocycles. The number of ether oxygens (including phenoxy) is 2. The first-order valence-corrected chi connectivity index (χ1v) is 8.94. The Balaban J connectivity index is 2.18. The maximum Gasteiger partial charge on any atom is 0.262 e. The number of likely N-dealkylation sites (tertiary alicyclic amines) is 1. The van der Waals surface area contributed by atoms with Crippen molar-refractivity contribution >= 4 is 40.7 Å². The van der Waals surface area contributed by atoms with Crippen molar-refractivity contribution in [3.63, 3.8) is 0 Å². The van der Waals surface area contributed by atoms with Gasteiger partial charge in [0.15, 0.2) is 11.5 Å². The number of methoxy groups -OCH3 is 2. The zero-order valence-electron chi connectivity index (χ0n) is 13.7. The Hall–Kier alpha value is -0.880. The molecule has 1 heterocycles. The summed E-state index contributed by atoms with van der Waals surface area (Å²) in [5.74, 6) is 0.708. The maximum atomic E-state index is 12.6. The van der Waals surface area contributed by atoms with Crippen LogP contribution in [0.25, 0.3) is 0 Å². The Morgan fingerprint density at radius 1 is 1.12 bits per heavy atom. The average molecular weight is 397 g/mol. The van der Waals surface area contributed by atoms with E-state index in [2.05, 4.69) is 5.32 Å². The van der Waals surface area contributed by atoms with Gasteiger partial charge in [0, 0.05) is 5.56 Å². The molecule has 0 unspecified atom stereocenters. The van der Waals surface area contributed by atoms with Crippen LogP contribution in [0, 0.1) is 0 Å². The van der Waals surface area contributed by atoms with Crippen LogP contribution in [0.1, 0.15) is 29.6 Å². The van der Waals surface area contributed by atoms with Gasteiger partial charge in [-0.25, -0.2) is 0 Å². The van der Waals surface area contributed by atoms with Crippen molar-refractivity contribution in [2.24, 2.45) is 0 Å². The van der Waals surface area contributed by atoms with Gasteiger partial charge >= 0.3 is 0 Å². The van der Waals surface area contributed by atoms with E-state index in [-0.39, 0.29) is 5.91 Å². The minimum Gasteiger partial charge on any atom is -0.493 e. The number of nitrogens with one attached hydrogen (secondary N) is 2. The van der Waals surface area contributed by atoms with Gasteiger partial charge in [0.25, 0.3) is 9.70 Å². The molecule has 2 rings (SSSR count). The highest BCUT2D eigenvalue weighted by Gasteiger charge is 2.42. The zero-order chi connectivity index (χ0) is 17.7. The van der Waals surface area contributed by atoms with Crippen molar-refractivity contribution in [2.45, 2.75) is 29.2 Å². The summed E-state index contributed by atoms with van der Waals surface area (Å²) in [5, 5.41) is 2.86. The highest BCUT2D eigenvalue weighted by molar-refractivity contribution is 6.68. The lowest BCUT2D eigenvalue weighted by atomic mass is 10.1. The van der Waals surface area contributed by atoms with E-state index in [4.69, 9.17) is 44.3 Å². The van der Waals surface area contributed by atoms with Crippen molar-refractivity contribution in [3.05, 3.63) is 23.8 Å². The Morgan fingerprint density at radius 2 is 1.75 bits per heavy atom. The number of hydrogen-bond donors (Lipinski definition) is 2. The van der Waals surface area contributed by atoms with Crippen LogP contribution in [0.4, 0.5) is 0 Å². The molecule has 1 saturated heterocycles. The molecule has 2 N–H and O–H groups in total. The number of benzene rings is 1. The Kier molecular flexibility index (Phi) is 6.87. The van der Waals surface area contributed by atoms with E-state index in [1.165, 1.54) is 20.6 Å². The molecule has 0 bridgehead atoms. The Morgan fingerprint density at radius 3 is 2.29 bits per heavy atom. The van der Waals surface area contributed by atoms with Crippen molar-refractivity contribution in [3.8, 4) is 11.5 Å². The number of halogens is 3. The van der Waals surface area contributed by atoms with Gasteiger partial charge in [0.1, 0.15) is 0 Å². The first-order valence-electron chi connectivity index (χ1n) is 7.81. The van der Waals surface area contributed by atoms with Crippen LogP contribution in [0.5, 0.6) is 11.5 Å². The molecule has 1 aliphatic heterocycles. The monoisotopic (exact) mass is 395 g/mol. The van der Waals surface area contributed by atoms with E-state index in [1.54, 1.807) is 18.2 Å². The fraction of sp³-hybridized carbons (Fsp3) is 0.562. The third-order valence-electron chi connectivity index (χ3n) is 4.15. The second-order valence-electron chi connectivity index (χ2n) is 5.74. The third-order valence-corrected chi connectivity index (χ3v) is 4.81. The molecular weight excluding hydrogens is 375 g/mol. The molecule has 0 radical (unpaired) electrons. The molecule has 1 atom stereocenters. The number of quaternary nitrogens is 1. The highest BCUT2D eigenvalue weighted by Crippen LogP contribution is 2.30. The van der Waals surface area contributed by atoms with Crippen LogP contribution in [-0.4, -0.2) is 43.2 Å². The molecule has 0 aliphatic carbocycles. The molecule has 24 heavy (non-hydrogen) atoms. The molecule has 0 aromatic heterocycles. The fourth-order valence-electron chi connectivity index (χ4n) is 2.90. The van der Waals surface area contributed by atoms with Gasteiger partial charge in [-0.05, 0) is 37.5 Å². The van der Waals surface area contributed by atoms with Crippen molar-refractivity contribution in [1.29, 1.82) is 0 Å². The van der Waals surface area contributed by atoms with Gasteiger partial charge in [0.2, 0.25) is 6.17 Å². The van der Waals surface area contributed by atoms with Crippen LogP contribution in [0.15, 0.2) is 18.2 Å². The highest BCUT2D eigenvalue weighted by atomic mass is 35.6. The molecule has 0 saturated carbocycles. The summed E-state index contributed by atoms with van der Waals surface area (Å²) in [5.41, 5.74) is 0.420. The van der Waals surface area contributed by atoms with E-state index in [9.17, 15) is 4.79 Å². The van der Waals surface area contributed by atoms with Crippen molar-refractivity contribution in [2.75, 3.05) is 27.3 Å². The van der Waals surface area contributed by atoms with E-state index in [1.807, 2.05) is 0 Å². The quantitative estimate of drug-likeness (QED) is 0.750. The summed E-state index contributed by atoms with van der Waals surface area (Å²) in [6, 6.07) is 4.93. The molecule has 0 spiro atoms. The average Bonchev–Trinajstić information content (AvgIpc) is 2.58. The molecule has 1 amide bonds. The minimum atomic E-state index is -1.58. The standard InChI is InChI=1S/C16H21Cl3N2O3/c1-23-12-7-6-11(10-13(12)24-2)14(22)20-15(16(17,18)19)21-8-4-3-5-9-21/h6-7,10,15H,3-5,8-9H2,1-2H3,(H,20,22)/p+1/t15-/m1/s1. The van der Waals surface area contributed by atoms with E-state index < -0.39 is 9.96 Å². The molecule has 134 valence electrons. The zero-order valence-corrected chi connectivity index (χ0v) is 16.0. The van der Waals surface area contributed by atoms with Crippen molar-refractivity contribution < 1.29 is 19.2 Å². The van der Waals surface area contributed by atoms with E-state index in [0.717, 1.165) is 30.8 Å². The Labute approximate surface area is 157 Å². The maximum absolute atomic E-state index is 12.6. The van der Waals surface area contributed by atoms with Crippen molar-refractivity contribution in [1.82, 2.24) is 5.32 Å². The number of rotatable bonds is 5. The third kappa shape index (κ3) is 4.82. The number of hydrogen-bond acceptors (Lipinski definition) is 3. The Bertz CT molecular complexity index is 572. The lowest BCUT2D eigenvalue weighted by Crippen LogP contribution is -3.20. The summed E-state index contributed by atoms with van der Waals surface area (Å²) in [6.07, 6.45) is 2.67. The van der Waals surface area contributed by atoms with Crippen LogP contribution in [0.3, 0.4) is 0 Å². The smallest absolute Gasteiger partial charge is 0.262 e. The topological polar surface area (TPSA) is 52.0 Å².